The molecule has 0 saturated carbocycles. The number of benzene rings is 2. The van der Waals surface area contributed by atoms with Gasteiger partial charge in [0.1, 0.15) is 17.6 Å². The number of ether oxygens (including phenoxy) is 1. The number of hydrogen-bond acceptors (Lipinski definition) is 6. The van der Waals surface area contributed by atoms with Crippen LogP contribution in [0.3, 0.4) is 0 Å². The summed E-state index contributed by atoms with van der Waals surface area (Å²) >= 11 is 0. The summed E-state index contributed by atoms with van der Waals surface area (Å²) in [5, 5.41) is 12.6. The summed E-state index contributed by atoms with van der Waals surface area (Å²) < 4.78 is 21.8. The van der Waals surface area contributed by atoms with E-state index in [1.54, 1.807) is 13.2 Å². The molecular weight excluding hydrogens is 383 g/mol. The van der Waals surface area contributed by atoms with Crippen molar-refractivity contribution < 1.29 is 9.13 Å². The number of para-hydroxylation sites is 2. The highest BCUT2D eigenvalue weighted by Gasteiger charge is 2.33. The van der Waals surface area contributed by atoms with E-state index in [2.05, 4.69) is 45.2 Å². The quantitative estimate of drug-likeness (QED) is 0.621. The number of nitrogens with zero attached hydrogens (tertiary/aromatic N) is 6. The van der Waals surface area contributed by atoms with Crippen molar-refractivity contribution in [3.63, 3.8) is 0 Å². The molecule has 1 saturated heterocycles. The van der Waals surface area contributed by atoms with Gasteiger partial charge in [-0.3, -0.25) is 4.90 Å². The molecule has 2 aromatic carbocycles. The number of tetrazole rings is 1. The van der Waals surface area contributed by atoms with Crippen molar-refractivity contribution in [2.75, 3.05) is 38.2 Å². The normalized spacial score (nSPS) is 16.1. The molecule has 0 radical (unpaired) electrons. The van der Waals surface area contributed by atoms with E-state index < -0.39 is 0 Å². The molecular formula is C22H27FN6O. The number of anilines is 1. The van der Waals surface area contributed by atoms with Crippen LogP contribution >= 0.6 is 0 Å². The maximum atomic E-state index is 14.3. The second-order valence-corrected chi connectivity index (χ2v) is 7.69. The topological polar surface area (TPSA) is 59.3 Å². The van der Waals surface area contributed by atoms with Crippen LogP contribution in [0.15, 0.2) is 48.5 Å². The molecule has 30 heavy (non-hydrogen) atoms. The van der Waals surface area contributed by atoms with Crippen molar-refractivity contribution in [2.45, 2.75) is 25.9 Å². The second-order valence-electron chi connectivity index (χ2n) is 7.69. The van der Waals surface area contributed by atoms with Crippen molar-refractivity contribution >= 4 is 5.69 Å². The summed E-state index contributed by atoms with van der Waals surface area (Å²) in [6.07, 6.45) is 0. The number of methoxy groups -OCH3 is 1. The van der Waals surface area contributed by atoms with Gasteiger partial charge in [-0.2, -0.15) is 0 Å². The Morgan fingerprint density at radius 2 is 1.67 bits per heavy atom. The lowest BCUT2D eigenvalue weighted by Crippen LogP contribution is -2.48. The Balaban J connectivity index is 1.66. The lowest BCUT2D eigenvalue weighted by Gasteiger charge is -2.40. The van der Waals surface area contributed by atoms with Crippen LogP contribution in [0.1, 0.15) is 37.3 Å². The Hall–Kier alpha value is -3.00. The third-order valence-electron chi connectivity index (χ3n) is 5.56. The molecule has 8 heteroatoms. The fourth-order valence-corrected chi connectivity index (χ4v) is 4.07. The lowest BCUT2D eigenvalue weighted by molar-refractivity contribution is 0.195. The van der Waals surface area contributed by atoms with E-state index in [1.165, 1.54) is 6.07 Å². The summed E-state index contributed by atoms with van der Waals surface area (Å²) in [5.41, 5.74) is 1.68. The van der Waals surface area contributed by atoms with Crippen LogP contribution < -0.4 is 9.64 Å². The summed E-state index contributed by atoms with van der Waals surface area (Å²) in [4.78, 5) is 4.44. The molecule has 0 spiro atoms. The number of aromatic nitrogens is 4. The zero-order valence-electron chi connectivity index (χ0n) is 17.6. The molecule has 4 rings (SSSR count). The highest BCUT2D eigenvalue weighted by Crippen LogP contribution is 2.35. The minimum atomic E-state index is -0.184. The molecule has 1 fully saturated rings. The fraction of sp³-hybridized carbons (Fsp3) is 0.409. The van der Waals surface area contributed by atoms with Crippen molar-refractivity contribution in [1.29, 1.82) is 0 Å². The van der Waals surface area contributed by atoms with E-state index in [1.807, 2.05) is 35.0 Å². The predicted octanol–water partition coefficient (Wildman–Crippen LogP) is 3.31. The smallest absolute Gasteiger partial charge is 0.173 e. The minimum Gasteiger partial charge on any atom is -0.496 e. The van der Waals surface area contributed by atoms with E-state index in [4.69, 9.17) is 4.74 Å². The lowest BCUT2D eigenvalue weighted by atomic mass is 10.0. The Morgan fingerprint density at radius 3 is 2.37 bits per heavy atom. The molecule has 3 aromatic rings. The molecule has 158 valence electrons. The first-order valence-electron chi connectivity index (χ1n) is 10.2. The summed E-state index contributed by atoms with van der Waals surface area (Å²) in [6, 6.07) is 14.9. The van der Waals surface area contributed by atoms with Gasteiger partial charge >= 0.3 is 0 Å². The standard InChI is InChI=1S/C22H27FN6O/c1-16(2)29-22(24-25-26-29)21(17-8-4-7-11-20(17)30-3)28-14-12-27(13-15-28)19-10-6-5-9-18(19)23/h4-11,16,21H,12-15H2,1-3H3/t21-/m1/s1. The largest absolute Gasteiger partial charge is 0.496 e. The number of rotatable bonds is 6. The van der Waals surface area contributed by atoms with Crippen molar-refractivity contribution in [2.24, 2.45) is 0 Å². The summed E-state index contributed by atoms with van der Waals surface area (Å²) in [7, 11) is 1.68. The third-order valence-corrected chi connectivity index (χ3v) is 5.56. The fourth-order valence-electron chi connectivity index (χ4n) is 4.07. The maximum Gasteiger partial charge on any atom is 0.173 e. The van der Waals surface area contributed by atoms with Crippen LogP contribution in [0.5, 0.6) is 5.75 Å². The predicted molar refractivity (Wildman–Crippen MR) is 113 cm³/mol. The number of hydrogen-bond donors (Lipinski definition) is 0. The zero-order valence-corrected chi connectivity index (χ0v) is 17.6. The van der Waals surface area contributed by atoms with Gasteiger partial charge in [-0.1, -0.05) is 30.3 Å². The van der Waals surface area contributed by atoms with E-state index in [0.717, 1.165) is 43.3 Å². The maximum absolute atomic E-state index is 14.3. The monoisotopic (exact) mass is 410 g/mol. The van der Waals surface area contributed by atoms with Crippen LogP contribution in [0, 0.1) is 5.82 Å². The van der Waals surface area contributed by atoms with E-state index >= 15 is 0 Å². The van der Waals surface area contributed by atoms with E-state index in [-0.39, 0.29) is 17.9 Å². The van der Waals surface area contributed by atoms with Crippen LogP contribution in [0.4, 0.5) is 10.1 Å². The van der Waals surface area contributed by atoms with E-state index in [9.17, 15) is 4.39 Å². The van der Waals surface area contributed by atoms with Crippen LogP contribution in [-0.2, 0) is 0 Å². The molecule has 1 aliphatic heterocycles. The molecule has 7 nitrogen and oxygen atoms in total. The van der Waals surface area contributed by atoms with Gasteiger partial charge in [0.25, 0.3) is 0 Å². The molecule has 0 N–H and O–H groups in total. The Labute approximate surface area is 176 Å². The zero-order chi connectivity index (χ0) is 21.1. The number of piperazine rings is 1. The van der Waals surface area contributed by atoms with Gasteiger partial charge in [-0.15, -0.1) is 5.10 Å². The van der Waals surface area contributed by atoms with Crippen LogP contribution in [0.25, 0.3) is 0 Å². The second kappa shape index (κ2) is 8.79. The molecule has 0 aliphatic carbocycles. The van der Waals surface area contributed by atoms with Crippen molar-refractivity contribution in [3.05, 3.63) is 65.7 Å². The van der Waals surface area contributed by atoms with Crippen molar-refractivity contribution in [1.82, 2.24) is 25.1 Å². The number of halogens is 1. The highest BCUT2D eigenvalue weighted by molar-refractivity contribution is 5.48. The van der Waals surface area contributed by atoms with Gasteiger partial charge in [0, 0.05) is 31.7 Å². The first kappa shape index (κ1) is 20.3. The Morgan fingerprint density at radius 1 is 0.967 bits per heavy atom. The molecule has 1 atom stereocenters. The van der Waals surface area contributed by atoms with Gasteiger partial charge in [0.05, 0.1) is 18.8 Å². The molecule has 0 unspecified atom stereocenters. The van der Waals surface area contributed by atoms with Gasteiger partial charge in [-0.05, 0) is 42.5 Å². The molecule has 0 bridgehead atoms. The summed E-state index contributed by atoms with van der Waals surface area (Å²) in [5.74, 6) is 1.40. The van der Waals surface area contributed by atoms with Gasteiger partial charge < -0.3 is 9.64 Å². The minimum absolute atomic E-state index is 0.131. The Kier molecular flexibility index (Phi) is 5.94. The Bertz CT molecular complexity index is 983. The van der Waals surface area contributed by atoms with Crippen molar-refractivity contribution in [3.8, 4) is 5.75 Å². The average Bonchev–Trinajstić information content (AvgIpc) is 3.25. The van der Waals surface area contributed by atoms with Gasteiger partial charge in [-0.25, -0.2) is 9.07 Å². The molecule has 2 heterocycles. The molecule has 0 amide bonds. The SMILES string of the molecule is COc1ccccc1[C@H](c1nnnn1C(C)C)N1CCN(c2ccccc2F)CC1. The van der Waals surface area contributed by atoms with Crippen LogP contribution in [-0.4, -0.2) is 58.4 Å². The van der Waals surface area contributed by atoms with Gasteiger partial charge in [0.15, 0.2) is 5.82 Å². The third kappa shape index (κ3) is 3.87. The first-order valence-corrected chi connectivity index (χ1v) is 10.2. The average molecular weight is 410 g/mol. The van der Waals surface area contributed by atoms with E-state index in [0.29, 0.717) is 5.69 Å². The molecule has 1 aliphatic rings. The molecule has 1 aromatic heterocycles. The van der Waals surface area contributed by atoms with Crippen LogP contribution in [0.2, 0.25) is 0 Å². The first-order chi connectivity index (χ1) is 14.6. The van der Waals surface area contributed by atoms with Gasteiger partial charge in [0.2, 0.25) is 0 Å². The highest BCUT2D eigenvalue weighted by atomic mass is 19.1. The summed E-state index contributed by atoms with van der Waals surface area (Å²) in [6.45, 7) is 7.07.